The Bertz CT molecular complexity index is 802. The number of nitrogens with two attached hydrogens (primary N) is 1. The predicted octanol–water partition coefficient (Wildman–Crippen LogP) is 4.67. The van der Waals surface area contributed by atoms with E-state index in [2.05, 4.69) is 42.6 Å². The highest BCUT2D eigenvalue weighted by atomic mass is 32.1. The van der Waals surface area contributed by atoms with E-state index in [0.717, 1.165) is 11.1 Å². The minimum atomic E-state index is 0.0987. The van der Waals surface area contributed by atoms with Crippen LogP contribution in [0.4, 0.5) is 0 Å². The van der Waals surface area contributed by atoms with Crippen LogP contribution in [0.15, 0.2) is 60.0 Å². The molecule has 104 valence electrons. The summed E-state index contributed by atoms with van der Waals surface area (Å²) in [6.07, 6.45) is 0. The Morgan fingerprint density at radius 1 is 1.00 bits per heavy atom. The number of hydrogen-bond acceptors (Lipinski definition) is 2. The number of thiophene rings is 1. The molecule has 0 saturated carbocycles. The van der Waals surface area contributed by atoms with Crippen molar-refractivity contribution in [2.24, 2.45) is 5.73 Å². The summed E-state index contributed by atoms with van der Waals surface area (Å²) in [6, 6.07) is 18.4. The largest absolute Gasteiger partial charge is 0.384 e. The molecule has 3 N–H and O–H groups in total. The molecule has 0 aliphatic heterocycles. The van der Waals surface area contributed by atoms with Gasteiger partial charge in [0.2, 0.25) is 0 Å². The van der Waals surface area contributed by atoms with Gasteiger partial charge in [-0.05, 0) is 46.7 Å². The Labute approximate surface area is 128 Å². The summed E-state index contributed by atoms with van der Waals surface area (Å²) in [5.74, 6) is 0.0987. The van der Waals surface area contributed by atoms with E-state index in [1.807, 2.05) is 24.3 Å². The van der Waals surface area contributed by atoms with Gasteiger partial charge in [0.15, 0.2) is 0 Å². The molecule has 0 bridgehead atoms. The third-order valence-corrected chi connectivity index (χ3v) is 4.57. The van der Waals surface area contributed by atoms with Crippen LogP contribution >= 0.6 is 11.3 Å². The minimum Gasteiger partial charge on any atom is -0.384 e. The smallest absolute Gasteiger partial charge is 0.122 e. The fraction of sp³-hybridized carbons (Fsp3) is 0.0556. The first-order valence-corrected chi connectivity index (χ1v) is 7.63. The van der Waals surface area contributed by atoms with E-state index >= 15 is 0 Å². The lowest BCUT2D eigenvalue weighted by molar-refractivity contribution is 1.42. The van der Waals surface area contributed by atoms with Gasteiger partial charge in [-0.25, -0.2) is 0 Å². The minimum absolute atomic E-state index is 0.0987. The zero-order valence-electron chi connectivity index (χ0n) is 11.8. The van der Waals surface area contributed by atoms with Crippen LogP contribution in [-0.4, -0.2) is 5.84 Å². The molecule has 0 aliphatic carbocycles. The topological polar surface area (TPSA) is 49.9 Å². The maximum absolute atomic E-state index is 7.60. The van der Waals surface area contributed by atoms with Crippen LogP contribution in [-0.2, 0) is 0 Å². The van der Waals surface area contributed by atoms with Gasteiger partial charge in [0.25, 0.3) is 0 Å². The average molecular weight is 292 g/mol. The molecule has 0 fully saturated rings. The summed E-state index contributed by atoms with van der Waals surface area (Å²) < 4.78 is 0. The molecule has 1 aromatic heterocycles. The summed E-state index contributed by atoms with van der Waals surface area (Å²) >= 11 is 1.76. The summed E-state index contributed by atoms with van der Waals surface area (Å²) in [4.78, 5) is 1.29. The maximum Gasteiger partial charge on any atom is 0.122 e. The van der Waals surface area contributed by atoms with Gasteiger partial charge in [-0.2, -0.15) is 0 Å². The van der Waals surface area contributed by atoms with Crippen LogP contribution in [0.5, 0.6) is 0 Å². The Balaban J connectivity index is 2.18. The predicted molar refractivity (Wildman–Crippen MR) is 90.9 cm³/mol. The molecule has 0 aliphatic rings. The van der Waals surface area contributed by atoms with E-state index in [1.165, 1.54) is 21.6 Å². The van der Waals surface area contributed by atoms with Crippen molar-refractivity contribution in [3.63, 3.8) is 0 Å². The second-order valence-electron chi connectivity index (χ2n) is 4.97. The van der Waals surface area contributed by atoms with Gasteiger partial charge in [-0.3, -0.25) is 5.41 Å². The molecule has 2 aromatic carbocycles. The first kappa shape index (κ1) is 13.6. The Kier molecular flexibility index (Phi) is 3.59. The Morgan fingerprint density at radius 2 is 1.76 bits per heavy atom. The van der Waals surface area contributed by atoms with Crippen LogP contribution in [0, 0.1) is 12.3 Å². The lowest BCUT2D eigenvalue weighted by Gasteiger charge is -2.10. The monoisotopic (exact) mass is 292 g/mol. The third-order valence-electron chi connectivity index (χ3n) is 3.52. The fourth-order valence-corrected chi connectivity index (χ4v) is 3.40. The summed E-state index contributed by atoms with van der Waals surface area (Å²) in [7, 11) is 0. The summed E-state index contributed by atoms with van der Waals surface area (Å²) in [6.45, 7) is 2.13. The van der Waals surface area contributed by atoms with Gasteiger partial charge in [-0.1, -0.05) is 42.5 Å². The highest BCUT2D eigenvalue weighted by Crippen LogP contribution is 2.36. The first-order chi connectivity index (χ1) is 10.2. The molecule has 0 radical (unpaired) electrons. The van der Waals surface area contributed by atoms with E-state index in [0.29, 0.717) is 0 Å². The van der Waals surface area contributed by atoms with Crippen LogP contribution in [0.25, 0.3) is 21.6 Å². The van der Waals surface area contributed by atoms with Crippen molar-refractivity contribution in [2.75, 3.05) is 0 Å². The quantitative estimate of drug-likeness (QED) is 0.534. The standard InChI is InChI=1S/C18H16N2S/c1-12-9-10-21-17(12)16-8-3-2-7-15(16)13-5-4-6-14(11-13)18(19)20/h2-11H,1H3,(H3,19,20). The summed E-state index contributed by atoms with van der Waals surface area (Å²) in [5.41, 5.74) is 11.1. The second-order valence-corrected chi connectivity index (χ2v) is 5.89. The van der Waals surface area contributed by atoms with Crippen molar-refractivity contribution in [1.29, 1.82) is 5.41 Å². The normalized spacial score (nSPS) is 10.5. The lowest BCUT2D eigenvalue weighted by atomic mass is 9.96. The molecule has 1 heterocycles. The lowest BCUT2D eigenvalue weighted by Crippen LogP contribution is -2.10. The molecule has 0 saturated heterocycles. The van der Waals surface area contributed by atoms with Crippen molar-refractivity contribution in [1.82, 2.24) is 0 Å². The zero-order chi connectivity index (χ0) is 14.8. The highest BCUT2D eigenvalue weighted by Gasteiger charge is 2.10. The van der Waals surface area contributed by atoms with Crippen molar-refractivity contribution >= 4 is 17.2 Å². The van der Waals surface area contributed by atoms with E-state index in [4.69, 9.17) is 11.1 Å². The Hall–Kier alpha value is -2.39. The van der Waals surface area contributed by atoms with Crippen LogP contribution in [0.2, 0.25) is 0 Å². The van der Waals surface area contributed by atoms with Gasteiger partial charge < -0.3 is 5.73 Å². The number of rotatable bonds is 3. The molecule has 21 heavy (non-hydrogen) atoms. The zero-order valence-corrected chi connectivity index (χ0v) is 12.6. The number of aryl methyl sites for hydroxylation is 1. The highest BCUT2D eigenvalue weighted by molar-refractivity contribution is 7.13. The van der Waals surface area contributed by atoms with Gasteiger partial charge in [0, 0.05) is 10.4 Å². The number of nitrogen functional groups attached to an aromatic ring is 1. The van der Waals surface area contributed by atoms with Gasteiger partial charge in [0.05, 0.1) is 0 Å². The molecule has 0 amide bonds. The van der Waals surface area contributed by atoms with Gasteiger partial charge in [0.1, 0.15) is 5.84 Å². The summed E-state index contributed by atoms with van der Waals surface area (Å²) in [5, 5.41) is 9.72. The second kappa shape index (κ2) is 5.54. The molecule has 0 atom stereocenters. The van der Waals surface area contributed by atoms with Crippen LogP contribution in [0.3, 0.4) is 0 Å². The average Bonchev–Trinajstić information content (AvgIpc) is 2.93. The molecule has 2 nitrogen and oxygen atoms in total. The first-order valence-electron chi connectivity index (χ1n) is 6.75. The molecule has 0 spiro atoms. The fourth-order valence-electron chi connectivity index (χ4n) is 2.44. The van der Waals surface area contributed by atoms with E-state index in [9.17, 15) is 0 Å². The number of amidine groups is 1. The van der Waals surface area contributed by atoms with Gasteiger partial charge in [-0.15, -0.1) is 11.3 Å². The maximum atomic E-state index is 7.60. The molecule has 3 rings (SSSR count). The molecular formula is C18H16N2S. The van der Waals surface area contributed by atoms with Crippen molar-refractivity contribution in [2.45, 2.75) is 6.92 Å². The number of hydrogen-bond donors (Lipinski definition) is 2. The Morgan fingerprint density at radius 3 is 2.43 bits per heavy atom. The van der Waals surface area contributed by atoms with E-state index in [1.54, 1.807) is 11.3 Å². The molecule has 0 unspecified atom stereocenters. The third kappa shape index (κ3) is 2.60. The van der Waals surface area contributed by atoms with Gasteiger partial charge >= 0.3 is 0 Å². The molecule has 3 heteroatoms. The van der Waals surface area contributed by atoms with Crippen molar-refractivity contribution in [3.05, 3.63) is 71.1 Å². The number of benzene rings is 2. The van der Waals surface area contributed by atoms with Crippen molar-refractivity contribution in [3.8, 4) is 21.6 Å². The van der Waals surface area contributed by atoms with Crippen LogP contribution in [0.1, 0.15) is 11.1 Å². The van der Waals surface area contributed by atoms with E-state index < -0.39 is 0 Å². The van der Waals surface area contributed by atoms with E-state index in [-0.39, 0.29) is 5.84 Å². The van der Waals surface area contributed by atoms with Crippen molar-refractivity contribution < 1.29 is 0 Å². The number of nitrogens with one attached hydrogen (secondary N) is 1. The molecule has 3 aromatic rings. The van der Waals surface area contributed by atoms with Crippen LogP contribution < -0.4 is 5.73 Å². The molecular weight excluding hydrogens is 276 g/mol. The SMILES string of the molecule is Cc1ccsc1-c1ccccc1-c1cccc(C(=N)N)c1.